The maximum atomic E-state index is 12.5. The predicted molar refractivity (Wildman–Crippen MR) is 115 cm³/mol. The summed E-state index contributed by atoms with van der Waals surface area (Å²) >= 11 is 1.56. The van der Waals surface area contributed by atoms with Crippen LogP contribution in [-0.4, -0.2) is 17.6 Å². The zero-order valence-electron chi connectivity index (χ0n) is 15.7. The molecule has 0 bridgehead atoms. The lowest BCUT2D eigenvalue weighted by molar-refractivity contribution is -0.115. The Morgan fingerprint density at radius 2 is 1.79 bits per heavy atom. The minimum Gasteiger partial charge on any atom is -0.489 e. The molecule has 1 unspecified atom stereocenters. The van der Waals surface area contributed by atoms with E-state index in [1.54, 1.807) is 34.9 Å². The van der Waals surface area contributed by atoms with Crippen molar-refractivity contribution in [1.29, 1.82) is 0 Å². The quantitative estimate of drug-likeness (QED) is 0.670. The average Bonchev–Trinajstić information content (AvgIpc) is 3.15. The van der Waals surface area contributed by atoms with E-state index in [4.69, 9.17) is 10.5 Å². The Hall–Kier alpha value is -3.25. The Balaban J connectivity index is 1.51. The smallest absolute Gasteiger partial charge is 0.248 e. The fourth-order valence-corrected chi connectivity index (χ4v) is 4.41. The van der Waals surface area contributed by atoms with Crippen molar-refractivity contribution in [2.24, 2.45) is 5.73 Å². The molecule has 1 saturated heterocycles. The van der Waals surface area contributed by atoms with E-state index >= 15 is 0 Å². The third-order valence-corrected chi connectivity index (χ3v) is 5.90. The number of rotatable bonds is 6. The van der Waals surface area contributed by atoms with Gasteiger partial charge in [0.15, 0.2) is 0 Å². The molecular weight excluding hydrogens is 384 g/mol. The number of hydrogen-bond acceptors (Lipinski definition) is 4. The lowest BCUT2D eigenvalue weighted by atomic mass is 10.1. The molecule has 0 aromatic heterocycles. The van der Waals surface area contributed by atoms with Crippen LogP contribution < -0.4 is 15.4 Å². The Bertz CT molecular complexity index is 1020. The summed E-state index contributed by atoms with van der Waals surface area (Å²) in [4.78, 5) is 25.8. The molecule has 2 amide bonds. The van der Waals surface area contributed by atoms with Crippen LogP contribution in [0.5, 0.6) is 5.75 Å². The summed E-state index contributed by atoms with van der Waals surface area (Å²) in [6.45, 7) is 0.503. The SMILES string of the molecule is NC(=O)c1cccc(N2C(=O)CSC2c2ccc(OCc3ccccc3)cc2)c1. The van der Waals surface area contributed by atoms with Gasteiger partial charge in [-0.05, 0) is 41.5 Å². The number of hydrogen-bond donors (Lipinski definition) is 1. The Morgan fingerprint density at radius 1 is 1.03 bits per heavy atom. The molecule has 1 aliphatic heterocycles. The van der Waals surface area contributed by atoms with E-state index in [-0.39, 0.29) is 11.3 Å². The molecule has 29 heavy (non-hydrogen) atoms. The molecule has 0 spiro atoms. The number of benzene rings is 3. The van der Waals surface area contributed by atoms with Crippen LogP contribution in [-0.2, 0) is 11.4 Å². The molecule has 0 saturated carbocycles. The number of nitrogens with zero attached hydrogens (tertiary/aromatic N) is 1. The summed E-state index contributed by atoms with van der Waals surface area (Å²) in [7, 11) is 0. The van der Waals surface area contributed by atoms with Gasteiger partial charge in [0.25, 0.3) is 0 Å². The van der Waals surface area contributed by atoms with Crippen LogP contribution in [0.25, 0.3) is 0 Å². The Labute approximate surface area is 173 Å². The van der Waals surface area contributed by atoms with Gasteiger partial charge < -0.3 is 10.5 Å². The molecule has 146 valence electrons. The third-order valence-electron chi connectivity index (χ3n) is 4.69. The van der Waals surface area contributed by atoms with Gasteiger partial charge in [-0.3, -0.25) is 14.5 Å². The van der Waals surface area contributed by atoms with Crippen LogP contribution in [0.1, 0.15) is 26.9 Å². The Kier molecular flexibility index (Phi) is 5.53. The second-order valence-electron chi connectivity index (χ2n) is 6.68. The van der Waals surface area contributed by atoms with Gasteiger partial charge in [-0.15, -0.1) is 11.8 Å². The number of primary amides is 1. The van der Waals surface area contributed by atoms with Crippen molar-refractivity contribution in [3.05, 3.63) is 95.6 Å². The van der Waals surface area contributed by atoms with Crippen LogP contribution in [0.3, 0.4) is 0 Å². The van der Waals surface area contributed by atoms with E-state index in [0.29, 0.717) is 23.6 Å². The normalized spacial score (nSPS) is 16.1. The van der Waals surface area contributed by atoms with Crippen molar-refractivity contribution in [3.8, 4) is 5.75 Å². The van der Waals surface area contributed by atoms with Crippen molar-refractivity contribution in [3.63, 3.8) is 0 Å². The summed E-state index contributed by atoms with van der Waals surface area (Å²) in [5.41, 5.74) is 8.55. The maximum absolute atomic E-state index is 12.5. The van der Waals surface area contributed by atoms with Crippen LogP contribution in [0, 0.1) is 0 Å². The zero-order valence-corrected chi connectivity index (χ0v) is 16.5. The molecule has 3 aromatic rings. The highest BCUT2D eigenvalue weighted by Gasteiger charge is 2.34. The number of anilines is 1. The predicted octanol–water partition coefficient (Wildman–Crippen LogP) is 4.14. The summed E-state index contributed by atoms with van der Waals surface area (Å²) in [6, 6.07) is 24.6. The second-order valence-corrected chi connectivity index (χ2v) is 7.75. The van der Waals surface area contributed by atoms with Crippen molar-refractivity contribution in [2.75, 3.05) is 10.7 Å². The topological polar surface area (TPSA) is 72.6 Å². The summed E-state index contributed by atoms with van der Waals surface area (Å²) < 4.78 is 5.85. The second kappa shape index (κ2) is 8.41. The minimum absolute atomic E-state index is 0.00558. The first-order valence-electron chi connectivity index (χ1n) is 9.22. The summed E-state index contributed by atoms with van der Waals surface area (Å²) in [6.07, 6.45) is 0. The number of carbonyl (C=O) groups excluding carboxylic acids is 2. The third kappa shape index (κ3) is 4.27. The van der Waals surface area contributed by atoms with Gasteiger partial charge in [0.1, 0.15) is 17.7 Å². The van der Waals surface area contributed by atoms with Crippen molar-refractivity contribution < 1.29 is 14.3 Å². The van der Waals surface area contributed by atoms with Crippen molar-refractivity contribution in [1.82, 2.24) is 0 Å². The molecule has 0 radical (unpaired) electrons. The fraction of sp³-hybridized carbons (Fsp3) is 0.130. The first-order valence-corrected chi connectivity index (χ1v) is 10.3. The van der Waals surface area contributed by atoms with Crippen LogP contribution in [0.15, 0.2) is 78.9 Å². The molecule has 1 heterocycles. The highest BCUT2D eigenvalue weighted by atomic mass is 32.2. The van der Waals surface area contributed by atoms with E-state index in [2.05, 4.69) is 0 Å². The van der Waals surface area contributed by atoms with E-state index in [1.807, 2.05) is 60.7 Å². The van der Waals surface area contributed by atoms with Crippen LogP contribution >= 0.6 is 11.8 Å². The summed E-state index contributed by atoms with van der Waals surface area (Å²) in [5.74, 6) is 0.653. The number of nitrogens with two attached hydrogens (primary N) is 1. The molecule has 1 fully saturated rings. The highest BCUT2D eigenvalue weighted by molar-refractivity contribution is 8.00. The highest BCUT2D eigenvalue weighted by Crippen LogP contribution is 2.42. The number of carbonyl (C=O) groups is 2. The number of ether oxygens (including phenoxy) is 1. The summed E-state index contributed by atoms with van der Waals surface area (Å²) in [5, 5.41) is -0.159. The van der Waals surface area contributed by atoms with Crippen molar-refractivity contribution in [2.45, 2.75) is 12.0 Å². The molecule has 1 aliphatic rings. The molecule has 6 heteroatoms. The minimum atomic E-state index is -0.511. The van der Waals surface area contributed by atoms with E-state index in [9.17, 15) is 9.59 Å². The molecule has 0 aliphatic carbocycles. The van der Waals surface area contributed by atoms with Gasteiger partial charge in [-0.2, -0.15) is 0 Å². The first kappa shape index (κ1) is 19.1. The standard InChI is InChI=1S/C23H20N2O3S/c24-22(27)18-7-4-8-19(13-18)25-21(26)15-29-23(25)17-9-11-20(12-10-17)28-14-16-5-2-1-3-6-16/h1-13,23H,14-15H2,(H2,24,27). The lowest BCUT2D eigenvalue weighted by Gasteiger charge is -2.25. The van der Waals surface area contributed by atoms with Gasteiger partial charge in [0.2, 0.25) is 11.8 Å². The van der Waals surface area contributed by atoms with Gasteiger partial charge in [-0.25, -0.2) is 0 Å². The van der Waals surface area contributed by atoms with Gasteiger partial charge in [0.05, 0.1) is 5.75 Å². The van der Waals surface area contributed by atoms with E-state index < -0.39 is 5.91 Å². The van der Waals surface area contributed by atoms with Crippen LogP contribution in [0.4, 0.5) is 5.69 Å². The molecule has 3 aromatic carbocycles. The van der Waals surface area contributed by atoms with Gasteiger partial charge in [0, 0.05) is 11.3 Å². The molecule has 2 N–H and O–H groups in total. The molecular formula is C23H20N2O3S. The lowest BCUT2D eigenvalue weighted by Crippen LogP contribution is -2.28. The van der Waals surface area contributed by atoms with Crippen LogP contribution in [0.2, 0.25) is 0 Å². The van der Waals surface area contributed by atoms with Gasteiger partial charge in [-0.1, -0.05) is 48.5 Å². The van der Waals surface area contributed by atoms with Gasteiger partial charge >= 0.3 is 0 Å². The number of thioether (sulfide) groups is 1. The molecule has 5 nitrogen and oxygen atoms in total. The average molecular weight is 404 g/mol. The molecule has 4 rings (SSSR count). The van der Waals surface area contributed by atoms with E-state index in [0.717, 1.165) is 16.9 Å². The largest absolute Gasteiger partial charge is 0.489 e. The number of amides is 2. The molecule has 1 atom stereocenters. The van der Waals surface area contributed by atoms with Crippen molar-refractivity contribution >= 4 is 29.3 Å². The van der Waals surface area contributed by atoms with E-state index in [1.165, 1.54) is 0 Å². The fourth-order valence-electron chi connectivity index (χ4n) is 3.23. The maximum Gasteiger partial charge on any atom is 0.248 e. The monoisotopic (exact) mass is 404 g/mol. The zero-order chi connectivity index (χ0) is 20.2. The first-order chi connectivity index (χ1) is 14.1. The Morgan fingerprint density at radius 3 is 2.52 bits per heavy atom.